The first-order valence-electron chi connectivity index (χ1n) is 6.97. The molecule has 0 aliphatic carbocycles. The van der Waals surface area contributed by atoms with E-state index in [1.807, 2.05) is 0 Å². The lowest BCUT2D eigenvalue weighted by Gasteiger charge is -2.27. The molecule has 1 atom stereocenters. The van der Waals surface area contributed by atoms with Crippen LogP contribution in [0, 0.1) is 0 Å². The van der Waals surface area contributed by atoms with E-state index in [-0.39, 0.29) is 30.4 Å². The molecule has 1 fully saturated rings. The zero-order valence-electron chi connectivity index (χ0n) is 12.5. The topological polar surface area (TPSA) is 128 Å². The third kappa shape index (κ3) is 3.84. The Morgan fingerprint density at radius 3 is 2.62 bits per heavy atom. The summed E-state index contributed by atoms with van der Waals surface area (Å²) in [6.45, 7) is 0.400. The highest BCUT2D eigenvalue weighted by Gasteiger charge is 2.25. The number of alkyl halides is 2. The number of hydrogen-bond donors (Lipinski definition) is 3. The molecule has 0 aromatic heterocycles. The molecule has 2 rings (SSSR count). The van der Waals surface area contributed by atoms with Gasteiger partial charge in [0.2, 0.25) is 5.91 Å². The van der Waals surface area contributed by atoms with Crippen LogP contribution in [0.3, 0.4) is 0 Å². The van der Waals surface area contributed by atoms with Gasteiger partial charge in [-0.25, -0.2) is 8.78 Å². The van der Waals surface area contributed by atoms with Crippen molar-refractivity contribution in [2.24, 2.45) is 11.5 Å². The van der Waals surface area contributed by atoms with Gasteiger partial charge in [0.15, 0.2) is 6.04 Å². The molecule has 10 heteroatoms. The third-order valence-electron chi connectivity index (χ3n) is 3.41. The van der Waals surface area contributed by atoms with Crippen LogP contribution in [-0.2, 0) is 19.1 Å². The lowest BCUT2D eigenvalue weighted by atomic mass is 10.1. The van der Waals surface area contributed by atoms with E-state index in [9.17, 15) is 23.2 Å². The predicted molar refractivity (Wildman–Crippen MR) is 80.4 cm³/mol. The molecule has 1 heterocycles. The standard InChI is InChI=1S/C14H16F2N4O4/c15-12(16)8-5-7(20-3-4-24-6-10(20)21)1-2-9(8)19-14(23)11(17)13(18)22/h1-2,5,11-12H,3-4,6,17H2,(H2,18,22)(H,19,23)/t11-/m1/s1. The van der Waals surface area contributed by atoms with Crippen molar-refractivity contribution in [3.8, 4) is 0 Å². The zero-order valence-corrected chi connectivity index (χ0v) is 12.5. The van der Waals surface area contributed by atoms with E-state index in [0.29, 0.717) is 6.61 Å². The smallest absolute Gasteiger partial charge is 0.265 e. The largest absolute Gasteiger partial charge is 0.370 e. The number of nitrogens with two attached hydrogens (primary N) is 2. The van der Waals surface area contributed by atoms with Gasteiger partial charge in [-0.15, -0.1) is 0 Å². The fourth-order valence-electron chi connectivity index (χ4n) is 2.14. The van der Waals surface area contributed by atoms with Gasteiger partial charge in [0, 0.05) is 23.5 Å². The van der Waals surface area contributed by atoms with Crippen molar-refractivity contribution in [3.63, 3.8) is 0 Å². The highest BCUT2D eigenvalue weighted by atomic mass is 19.3. The van der Waals surface area contributed by atoms with Crippen LogP contribution >= 0.6 is 0 Å². The predicted octanol–water partition coefficient (Wildman–Crippen LogP) is -0.262. The van der Waals surface area contributed by atoms with Gasteiger partial charge in [0.05, 0.1) is 6.61 Å². The number of anilines is 2. The van der Waals surface area contributed by atoms with Crippen LogP contribution < -0.4 is 21.7 Å². The van der Waals surface area contributed by atoms with Gasteiger partial charge in [-0.2, -0.15) is 0 Å². The maximum absolute atomic E-state index is 13.3. The van der Waals surface area contributed by atoms with E-state index >= 15 is 0 Å². The molecule has 5 N–H and O–H groups in total. The first kappa shape index (κ1) is 17.8. The number of amides is 3. The molecule has 1 aromatic carbocycles. The first-order valence-corrected chi connectivity index (χ1v) is 6.97. The van der Waals surface area contributed by atoms with Gasteiger partial charge in [-0.3, -0.25) is 14.4 Å². The monoisotopic (exact) mass is 342 g/mol. The summed E-state index contributed by atoms with van der Waals surface area (Å²) < 4.78 is 31.5. The fraction of sp³-hybridized carbons (Fsp3) is 0.357. The summed E-state index contributed by atoms with van der Waals surface area (Å²) >= 11 is 0. The number of nitrogens with zero attached hydrogens (tertiary/aromatic N) is 1. The molecule has 1 saturated heterocycles. The number of halogens is 2. The second-order valence-electron chi connectivity index (χ2n) is 5.04. The van der Waals surface area contributed by atoms with Crippen molar-refractivity contribution in [1.82, 2.24) is 0 Å². The lowest BCUT2D eigenvalue weighted by molar-refractivity contribution is -0.127. The number of hydrogen-bond acceptors (Lipinski definition) is 5. The summed E-state index contributed by atoms with van der Waals surface area (Å²) in [5.74, 6) is -2.43. The van der Waals surface area contributed by atoms with E-state index in [2.05, 4.69) is 5.32 Å². The summed E-state index contributed by atoms with van der Waals surface area (Å²) in [5, 5.41) is 2.14. The molecule has 0 spiro atoms. The molecule has 1 aliphatic heterocycles. The maximum Gasteiger partial charge on any atom is 0.265 e. The summed E-state index contributed by atoms with van der Waals surface area (Å²) in [7, 11) is 0. The number of benzene rings is 1. The van der Waals surface area contributed by atoms with E-state index in [0.717, 1.165) is 6.07 Å². The summed E-state index contributed by atoms with van der Waals surface area (Å²) in [6, 6.07) is 2.06. The number of morpholine rings is 1. The molecule has 130 valence electrons. The Hall–Kier alpha value is -2.59. The van der Waals surface area contributed by atoms with Crippen molar-refractivity contribution in [2.45, 2.75) is 12.5 Å². The number of rotatable bonds is 5. The highest BCUT2D eigenvalue weighted by molar-refractivity contribution is 6.09. The molecule has 1 aliphatic rings. The molecule has 0 bridgehead atoms. The van der Waals surface area contributed by atoms with E-state index < -0.39 is 29.8 Å². The number of carbonyl (C=O) groups is 3. The molecule has 0 saturated carbocycles. The van der Waals surface area contributed by atoms with Gasteiger partial charge in [-0.05, 0) is 18.2 Å². The summed E-state index contributed by atoms with van der Waals surface area (Å²) in [5.41, 5.74) is 9.70. The molecule has 0 unspecified atom stereocenters. The Kier molecular flexibility index (Phi) is 5.42. The summed E-state index contributed by atoms with van der Waals surface area (Å²) in [4.78, 5) is 35.7. The van der Waals surface area contributed by atoms with Crippen LogP contribution in [0.25, 0.3) is 0 Å². The normalized spacial score (nSPS) is 16.2. The quantitative estimate of drug-likeness (QED) is 0.635. The Bertz CT molecular complexity index is 668. The average Bonchev–Trinajstić information content (AvgIpc) is 2.54. The minimum Gasteiger partial charge on any atom is -0.370 e. The first-order chi connectivity index (χ1) is 11.3. The highest BCUT2D eigenvalue weighted by Crippen LogP contribution is 2.31. The van der Waals surface area contributed by atoms with Crippen molar-refractivity contribution >= 4 is 29.1 Å². The average molecular weight is 342 g/mol. The van der Waals surface area contributed by atoms with Crippen molar-refractivity contribution < 1.29 is 27.9 Å². The van der Waals surface area contributed by atoms with Crippen LogP contribution in [-0.4, -0.2) is 43.5 Å². The van der Waals surface area contributed by atoms with E-state index in [4.69, 9.17) is 16.2 Å². The summed E-state index contributed by atoms with van der Waals surface area (Å²) in [6.07, 6.45) is -2.92. The minimum absolute atomic E-state index is 0.129. The van der Waals surface area contributed by atoms with Crippen LogP contribution in [0.5, 0.6) is 0 Å². The molecule has 8 nitrogen and oxygen atoms in total. The Morgan fingerprint density at radius 1 is 1.33 bits per heavy atom. The molecule has 24 heavy (non-hydrogen) atoms. The van der Waals surface area contributed by atoms with E-state index in [1.165, 1.54) is 17.0 Å². The van der Waals surface area contributed by atoms with Crippen molar-refractivity contribution in [3.05, 3.63) is 23.8 Å². The van der Waals surface area contributed by atoms with Crippen LogP contribution in [0.1, 0.15) is 12.0 Å². The molecule has 0 radical (unpaired) electrons. The number of ether oxygens (including phenoxy) is 1. The van der Waals surface area contributed by atoms with Gasteiger partial charge < -0.3 is 26.4 Å². The Morgan fingerprint density at radius 2 is 2.04 bits per heavy atom. The third-order valence-corrected chi connectivity index (χ3v) is 3.41. The number of nitrogens with one attached hydrogen (secondary N) is 1. The van der Waals surface area contributed by atoms with Crippen LogP contribution in [0.2, 0.25) is 0 Å². The van der Waals surface area contributed by atoms with Gasteiger partial charge in [0.25, 0.3) is 18.2 Å². The molecule has 1 aromatic rings. The second kappa shape index (κ2) is 7.32. The van der Waals surface area contributed by atoms with Crippen molar-refractivity contribution in [2.75, 3.05) is 30.0 Å². The van der Waals surface area contributed by atoms with E-state index in [1.54, 1.807) is 0 Å². The molecular weight excluding hydrogens is 326 g/mol. The lowest BCUT2D eigenvalue weighted by Crippen LogP contribution is -2.46. The van der Waals surface area contributed by atoms with Gasteiger partial charge in [-0.1, -0.05) is 0 Å². The Balaban J connectivity index is 2.28. The number of primary amides is 1. The van der Waals surface area contributed by atoms with Gasteiger partial charge >= 0.3 is 0 Å². The van der Waals surface area contributed by atoms with Crippen molar-refractivity contribution in [1.29, 1.82) is 0 Å². The van der Waals surface area contributed by atoms with Crippen LogP contribution in [0.15, 0.2) is 18.2 Å². The maximum atomic E-state index is 13.3. The molecule has 3 amide bonds. The second-order valence-corrected chi connectivity index (χ2v) is 5.04. The van der Waals surface area contributed by atoms with Gasteiger partial charge in [0.1, 0.15) is 6.61 Å². The number of carbonyl (C=O) groups excluding carboxylic acids is 3. The zero-order chi connectivity index (χ0) is 17.9. The fourth-order valence-corrected chi connectivity index (χ4v) is 2.14. The molecular formula is C14H16F2N4O4. The van der Waals surface area contributed by atoms with Crippen LogP contribution in [0.4, 0.5) is 20.2 Å². The SMILES string of the molecule is NC(=O)[C@@H](N)C(=O)Nc1ccc(N2CCOCC2=O)cc1C(F)F. The minimum atomic E-state index is -2.92. The Labute approximate surface area is 135 Å².